The Morgan fingerprint density at radius 2 is 1.48 bits per heavy atom. The summed E-state index contributed by atoms with van der Waals surface area (Å²) >= 11 is 0. The van der Waals surface area contributed by atoms with Crippen molar-refractivity contribution in [3.05, 3.63) is 48.8 Å². The number of hydrogen-bond donors (Lipinski definition) is 4. The number of carbonyl (C=O) groups is 1. The van der Waals surface area contributed by atoms with Crippen molar-refractivity contribution in [3.8, 4) is 0 Å². The van der Waals surface area contributed by atoms with Gasteiger partial charge in [0.1, 0.15) is 0 Å². The highest BCUT2D eigenvalue weighted by Gasteiger charge is 2.09. The maximum absolute atomic E-state index is 11.7. The van der Waals surface area contributed by atoms with Gasteiger partial charge in [0, 0.05) is 22.6 Å². The smallest absolute Gasteiger partial charge is 0.308 e. The lowest BCUT2D eigenvalue weighted by Gasteiger charge is -2.07. The third-order valence-corrected chi connectivity index (χ3v) is 3.68. The minimum Gasteiger partial charge on any atom is -0.308 e. The molecule has 2 rings (SSSR count). The van der Waals surface area contributed by atoms with E-state index < -0.39 is 25.5 Å². The number of pyridine rings is 1. The van der Waals surface area contributed by atoms with Crippen molar-refractivity contribution >= 4 is 47.5 Å². The van der Waals surface area contributed by atoms with Gasteiger partial charge in [-0.3, -0.25) is 14.1 Å². The highest BCUT2D eigenvalue weighted by Crippen LogP contribution is 2.17. The molecule has 0 radical (unpaired) electrons. The number of hydrogen-bond acceptors (Lipinski definition) is 6. The third-order valence-electron chi connectivity index (χ3n) is 2.31. The fourth-order valence-corrected chi connectivity index (χ4v) is 2.20. The van der Waals surface area contributed by atoms with Crippen LogP contribution in [0.2, 0.25) is 0 Å². The van der Waals surface area contributed by atoms with E-state index in [0.29, 0.717) is 11.4 Å². The van der Waals surface area contributed by atoms with Gasteiger partial charge < -0.3 is 10.6 Å². The van der Waals surface area contributed by atoms with E-state index in [2.05, 4.69) is 15.6 Å². The number of carbonyl (C=O) groups excluding carboxylic acids is 1. The zero-order valence-electron chi connectivity index (χ0n) is 12.2. The van der Waals surface area contributed by atoms with Gasteiger partial charge in [0.05, 0.1) is 16.8 Å². The molecule has 0 bridgehead atoms. The molecule has 1 heterocycles. The summed E-state index contributed by atoms with van der Waals surface area (Å²) in [5, 5.41) is 5.13. The second-order valence-electron chi connectivity index (χ2n) is 4.23. The molecule has 1 aromatic heterocycles. The number of halogens is 1. The molecule has 0 saturated heterocycles. The van der Waals surface area contributed by atoms with E-state index >= 15 is 0 Å². The maximum Gasteiger partial charge on any atom is 0.394 e. The van der Waals surface area contributed by atoms with Crippen molar-refractivity contribution in [2.45, 2.75) is 4.90 Å². The lowest BCUT2D eigenvalue weighted by molar-refractivity contribution is 0.262. The number of rotatable bonds is 3. The van der Waals surface area contributed by atoms with E-state index in [1.165, 1.54) is 30.5 Å². The van der Waals surface area contributed by atoms with Crippen LogP contribution in [0.3, 0.4) is 0 Å². The van der Waals surface area contributed by atoms with Crippen LogP contribution < -0.4 is 10.6 Å². The first-order valence-electron chi connectivity index (χ1n) is 6.18. The lowest BCUT2D eigenvalue weighted by atomic mass is 10.3. The molecule has 0 aliphatic heterocycles. The van der Waals surface area contributed by atoms with Gasteiger partial charge in [-0.2, -0.15) is 8.42 Å². The zero-order chi connectivity index (χ0) is 19.1. The average Bonchev–Trinajstić information content (AvgIpc) is 2.46. The van der Waals surface area contributed by atoms with Gasteiger partial charge in [-0.25, -0.2) is 13.2 Å². The highest BCUT2D eigenvalue weighted by molar-refractivity contribution is 8.13. The first kappa shape index (κ1) is 20.8. The summed E-state index contributed by atoms with van der Waals surface area (Å²) < 4.78 is 53.7. The van der Waals surface area contributed by atoms with Crippen LogP contribution in [0.25, 0.3) is 0 Å². The Labute approximate surface area is 147 Å². The van der Waals surface area contributed by atoms with Gasteiger partial charge in [0.2, 0.25) is 0 Å². The van der Waals surface area contributed by atoms with Crippen molar-refractivity contribution in [1.29, 1.82) is 0 Å². The first-order chi connectivity index (χ1) is 11.4. The number of nitrogens with one attached hydrogen (secondary N) is 2. The quantitative estimate of drug-likeness (QED) is 0.441. The van der Waals surface area contributed by atoms with Crippen LogP contribution in [0, 0.1) is 0 Å². The number of aromatic nitrogens is 1. The maximum atomic E-state index is 11.7. The van der Waals surface area contributed by atoms with Crippen molar-refractivity contribution in [1.82, 2.24) is 4.98 Å². The number of benzene rings is 1. The van der Waals surface area contributed by atoms with E-state index in [1.54, 1.807) is 18.3 Å². The number of urea groups is 1. The standard InChI is InChI=1S/C12H10ClN3O3S.H2O4S/c13-20(18,19)11-5-3-9(4-6-11)15-12(17)16-10-2-1-7-14-8-10;1-5(2,3)4/h1-8H,(H2,15,16,17);(H2,1,2,3,4). The SMILES string of the molecule is O=C(Nc1ccc(S(=O)(=O)Cl)cc1)Nc1cccnc1.O=S(=O)(O)O. The second kappa shape index (κ2) is 8.73. The Morgan fingerprint density at radius 1 is 0.960 bits per heavy atom. The van der Waals surface area contributed by atoms with E-state index in [0.717, 1.165) is 0 Å². The summed E-state index contributed by atoms with van der Waals surface area (Å²) in [5.41, 5.74) is 0.986. The van der Waals surface area contributed by atoms with E-state index in [4.69, 9.17) is 28.2 Å². The van der Waals surface area contributed by atoms with Crippen molar-refractivity contribution in [3.63, 3.8) is 0 Å². The summed E-state index contributed by atoms with van der Waals surface area (Å²) in [5.74, 6) is 0. The predicted octanol–water partition coefficient (Wildman–Crippen LogP) is 2.00. The molecule has 0 spiro atoms. The largest absolute Gasteiger partial charge is 0.394 e. The Morgan fingerprint density at radius 3 is 1.92 bits per heavy atom. The van der Waals surface area contributed by atoms with Crippen LogP contribution in [0.15, 0.2) is 53.7 Å². The third kappa shape index (κ3) is 9.59. The minimum atomic E-state index is -4.67. The molecule has 0 aliphatic rings. The molecule has 25 heavy (non-hydrogen) atoms. The molecule has 2 aromatic rings. The Hall–Kier alpha value is -2.25. The average molecular weight is 410 g/mol. The van der Waals surface area contributed by atoms with Crippen molar-refractivity contribution in [2.24, 2.45) is 0 Å². The van der Waals surface area contributed by atoms with Crippen LogP contribution >= 0.6 is 10.7 Å². The molecule has 136 valence electrons. The first-order valence-corrected chi connectivity index (χ1v) is 9.88. The highest BCUT2D eigenvalue weighted by atomic mass is 35.7. The predicted molar refractivity (Wildman–Crippen MR) is 90.5 cm³/mol. The molecule has 0 atom stereocenters. The molecule has 13 heteroatoms. The van der Waals surface area contributed by atoms with E-state index in [9.17, 15) is 13.2 Å². The van der Waals surface area contributed by atoms with Gasteiger partial charge in [0.15, 0.2) is 0 Å². The van der Waals surface area contributed by atoms with Crippen molar-refractivity contribution < 1.29 is 30.7 Å². The van der Waals surface area contributed by atoms with E-state index in [1.807, 2.05) is 0 Å². The Kier molecular flexibility index (Phi) is 7.26. The Bertz CT molecular complexity index is 909. The zero-order valence-corrected chi connectivity index (χ0v) is 14.6. The van der Waals surface area contributed by atoms with E-state index in [-0.39, 0.29) is 4.90 Å². The van der Waals surface area contributed by atoms with Gasteiger partial charge in [-0.15, -0.1) is 0 Å². The molecule has 4 N–H and O–H groups in total. The van der Waals surface area contributed by atoms with Gasteiger partial charge in [-0.05, 0) is 36.4 Å². The number of amides is 2. The van der Waals surface area contributed by atoms with Crippen molar-refractivity contribution in [2.75, 3.05) is 10.6 Å². The fourth-order valence-electron chi connectivity index (χ4n) is 1.43. The summed E-state index contributed by atoms with van der Waals surface area (Å²) in [7, 11) is -3.24. The summed E-state index contributed by atoms with van der Waals surface area (Å²) in [4.78, 5) is 15.5. The van der Waals surface area contributed by atoms with Gasteiger partial charge >= 0.3 is 16.4 Å². The number of anilines is 2. The van der Waals surface area contributed by atoms with Crippen LogP contribution in [-0.4, -0.2) is 37.0 Å². The fraction of sp³-hybridized carbons (Fsp3) is 0. The van der Waals surface area contributed by atoms with Crippen LogP contribution in [0.5, 0.6) is 0 Å². The summed E-state index contributed by atoms with van der Waals surface area (Å²) in [6.07, 6.45) is 3.09. The molecular formula is C12H12ClN3O7S2. The van der Waals surface area contributed by atoms with Crippen LogP contribution in [0.1, 0.15) is 0 Å². The molecule has 1 aromatic carbocycles. The molecule has 0 unspecified atom stereocenters. The molecule has 0 aliphatic carbocycles. The number of nitrogens with zero attached hydrogens (tertiary/aromatic N) is 1. The molecule has 0 saturated carbocycles. The molecule has 2 amide bonds. The second-order valence-corrected chi connectivity index (χ2v) is 7.69. The molecule has 0 fully saturated rings. The van der Waals surface area contributed by atoms with Crippen LogP contribution in [0.4, 0.5) is 16.2 Å². The lowest BCUT2D eigenvalue weighted by Crippen LogP contribution is -2.19. The summed E-state index contributed by atoms with van der Waals surface area (Å²) in [6.45, 7) is 0. The molecular weight excluding hydrogens is 398 g/mol. The monoisotopic (exact) mass is 409 g/mol. The van der Waals surface area contributed by atoms with Crippen LogP contribution in [-0.2, 0) is 19.4 Å². The molecule has 10 nitrogen and oxygen atoms in total. The minimum absolute atomic E-state index is 0.0302. The van der Waals surface area contributed by atoms with Gasteiger partial charge in [-0.1, -0.05) is 0 Å². The normalized spacial score (nSPS) is 11.0. The Balaban J connectivity index is 0.000000550. The summed E-state index contributed by atoms with van der Waals surface area (Å²) in [6, 6.07) is 8.42. The topological polar surface area (TPSA) is 163 Å². The van der Waals surface area contributed by atoms with Gasteiger partial charge in [0.25, 0.3) is 9.05 Å².